The van der Waals surface area contributed by atoms with Gasteiger partial charge in [-0.25, -0.2) is 23.7 Å². The molecule has 44 heavy (non-hydrogen) atoms. The molecule has 1 fully saturated rings. The Morgan fingerprint density at radius 3 is 2.57 bits per heavy atom. The van der Waals surface area contributed by atoms with Crippen molar-refractivity contribution in [2.24, 2.45) is 0 Å². The molecule has 1 atom stereocenters. The zero-order valence-electron chi connectivity index (χ0n) is 24.8. The first-order chi connectivity index (χ1) is 21.4. The maximum Gasteiger partial charge on any atom is 0.297 e. The van der Waals surface area contributed by atoms with Gasteiger partial charge in [-0.2, -0.15) is 5.10 Å². The van der Waals surface area contributed by atoms with Crippen LogP contribution in [0.15, 0.2) is 48.9 Å². The normalized spacial score (nSPS) is 14.8. The van der Waals surface area contributed by atoms with E-state index in [1.54, 1.807) is 56.6 Å². The average molecular weight is 612 g/mol. The van der Waals surface area contributed by atoms with Crippen LogP contribution < -0.4 is 24.8 Å². The zero-order chi connectivity index (χ0) is 30.9. The fourth-order valence-corrected chi connectivity index (χ4v) is 4.67. The van der Waals surface area contributed by atoms with E-state index >= 15 is 0 Å². The molecule has 1 aromatic carbocycles. The van der Waals surface area contributed by atoms with Crippen molar-refractivity contribution in [2.75, 3.05) is 45.2 Å². The minimum Gasteiger partial charge on any atom is -0.497 e. The fourth-order valence-electron chi connectivity index (χ4n) is 4.67. The molecule has 4 aromatic rings. The molecule has 12 nitrogen and oxygen atoms in total. The standard InChI is InChI=1S/C30H35F2N7O5/c1-40-21-8-7-19(23(12-21)41-2)15-33-26-14-27(38-30(37-26)29(31)32)36-25-13-24(42-3)22(17-34-25)20-16-35-39(18-20)9-11-44-28-6-4-5-10-43-28/h7-8,12-14,16-18,28-29H,4-6,9-11,15H2,1-3H3,(H2,33,34,36,37,38). The molecule has 1 aliphatic rings. The smallest absolute Gasteiger partial charge is 0.297 e. The first-order valence-corrected chi connectivity index (χ1v) is 14.1. The Kier molecular flexibility index (Phi) is 10.4. The van der Waals surface area contributed by atoms with Crippen LogP contribution >= 0.6 is 0 Å². The minimum atomic E-state index is -2.88. The lowest BCUT2D eigenvalue weighted by Crippen LogP contribution is -2.24. The highest BCUT2D eigenvalue weighted by atomic mass is 19.3. The number of rotatable bonds is 14. The summed E-state index contributed by atoms with van der Waals surface area (Å²) >= 11 is 0. The number of pyridine rings is 1. The van der Waals surface area contributed by atoms with E-state index in [-0.39, 0.29) is 24.5 Å². The van der Waals surface area contributed by atoms with E-state index in [1.807, 2.05) is 12.3 Å². The molecule has 1 unspecified atom stereocenters. The molecule has 1 aliphatic heterocycles. The summed E-state index contributed by atoms with van der Waals surface area (Å²) in [6, 6.07) is 8.53. The molecule has 14 heteroatoms. The lowest BCUT2D eigenvalue weighted by Gasteiger charge is -2.22. The Hall–Kier alpha value is -4.56. The summed E-state index contributed by atoms with van der Waals surface area (Å²) in [5.41, 5.74) is 2.31. The van der Waals surface area contributed by atoms with Crippen LogP contribution in [0.3, 0.4) is 0 Å². The van der Waals surface area contributed by atoms with Crippen molar-refractivity contribution < 1.29 is 32.5 Å². The summed E-state index contributed by atoms with van der Waals surface area (Å²) < 4.78 is 56.9. The maximum absolute atomic E-state index is 13.7. The Balaban J connectivity index is 1.27. The number of anilines is 3. The van der Waals surface area contributed by atoms with E-state index in [4.69, 9.17) is 23.7 Å². The van der Waals surface area contributed by atoms with Crippen molar-refractivity contribution in [2.45, 2.75) is 45.1 Å². The Morgan fingerprint density at radius 1 is 0.977 bits per heavy atom. The van der Waals surface area contributed by atoms with Crippen LogP contribution in [0.2, 0.25) is 0 Å². The summed E-state index contributed by atoms with van der Waals surface area (Å²) in [7, 11) is 4.65. The van der Waals surface area contributed by atoms with Crippen LogP contribution in [-0.2, 0) is 22.6 Å². The van der Waals surface area contributed by atoms with Gasteiger partial charge in [-0.05, 0) is 31.4 Å². The zero-order valence-corrected chi connectivity index (χ0v) is 24.8. The average Bonchev–Trinajstić information content (AvgIpc) is 3.52. The number of halogens is 2. The molecule has 2 N–H and O–H groups in total. The number of nitrogens with one attached hydrogen (secondary N) is 2. The third-order valence-corrected chi connectivity index (χ3v) is 6.94. The van der Waals surface area contributed by atoms with Gasteiger partial charge in [0, 0.05) is 60.4 Å². The molecular formula is C30H35F2N7O5. The van der Waals surface area contributed by atoms with Crippen molar-refractivity contribution in [1.82, 2.24) is 24.7 Å². The van der Waals surface area contributed by atoms with E-state index in [0.717, 1.165) is 37.0 Å². The van der Waals surface area contributed by atoms with Crippen molar-refractivity contribution in [1.29, 1.82) is 0 Å². The van der Waals surface area contributed by atoms with Gasteiger partial charge in [-0.15, -0.1) is 0 Å². The molecule has 0 spiro atoms. The highest BCUT2D eigenvalue weighted by molar-refractivity contribution is 5.71. The molecular weight excluding hydrogens is 576 g/mol. The van der Waals surface area contributed by atoms with E-state index in [9.17, 15) is 8.78 Å². The molecule has 1 saturated heterocycles. The van der Waals surface area contributed by atoms with E-state index in [2.05, 4.69) is 30.7 Å². The number of methoxy groups -OCH3 is 3. The van der Waals surface area contributed by atoms with Crippen molar-refractivity contribution in [3.63, 3.8) is 0 Å². The molecule has 0 amide bonds. The van der Waals surface area contributed by atoms with Crippen LogP contribution in [0.1, 0.15) is 37.1 Å². The number of aromatic nitrogens is 5. The molecule has 4 heterocycles. The second-order valence-corrected chi connectivity index (χ2v) is 9.88. The predicted octanol–water partition coefficient (Wildman–Crippen LogP) is 5.60. The van der Waals surface area contributed by atoms with Crippen LogP contribution in [-0.4, -0.2) is 65.6 Å². The monoisotopic (exact) mass is 611 g/mol. The number of alkyl halides is 2. The fraction of sp³-hybridized carbons (Fsp3) is 0.400. The van der Waals surface area contributed by atoms with Gasteiger partial charge in [0.2, 0.25) is 0 Å². The van der Waals surface area contributed by atoms with Crippen LogP contribution in [0.5, 0.6) is 17.2 Å². The molecule has 234 valence electrons. The van der Waals surface area contributed by atoms with Crippen LogP contribution in [0.4, 0.5) is 26.2 Å². The third-order valence-electron chi connectivity index (χ3n) is 6.94. The van der Waals surface area contributed by atoms with Gasteiger partial charge in [0.15, 0.2) is 12.1 Å². The highest BCUT2D eigenvalue weighted by Gasteiger charge is 2.17. The summed E-state index contributed by atoms with van der Waals surface area (Å²) in [6.07, 6.45) is 5.28. The Labute approximate surface area is 253 Å². The third kappa shape index (κ3) is 7.88. The molecule has 5 rings (SSSR count). The minimum absolute atomic E-state index is 0.136. The molecule has 0 saturated carbocycles. The van der Waals surface area contributed by atoms with E-state index in [0.29, 0.717) is 41.8 Å². The van der Waals surface area contributed by atoms with Crippen LogP contribution in [0.25, 0.3) is 11.1 Å². The van der Waals surface area contributed by atoms with Gasteiger partial charge in [-0.1, -0.05) is 0 Å². The largest absolute Gasteiger partial charge is 0.497 e. The lowest BCUT2D eigenvalue weighted by molar-refractivity contribution is -0.163. The van der Waals surface area contributed by atoms with Crippen molar-refractivity contribution in [3.8, 4) is 28.4 Å². The summed E-state index contributed by atoms with van der Waals surface area (Å²) in [5, 5.41) is 10.5. The van der Waals surface area contributed by atoms with Gasteiger partial charge in [-0.3, -0.25) is 4.68 Å². The van der Waals surface area contributed by atoms with Gasteiger partial charge in [0.1, 0.15) is 34.7 Å². The second kappa shape index (κ2) is 14.8. The number of benzene rings is 1. The summed E-state index contributed by atoms with van der Waals surface area (Å²) in [4.78, 5) is 12.4. The summed E-state index contributed by atoms with van der Waals surface area (Å²) in [6.45, 7) is 2.05. The quantitative estimate of drug-likeness (QED) is 0.185. The second-order valence-electron chi connectivity index (χ2n) is 9.88. The first-order valence-electron chi connectivity index (χ1n) is 14.1. The number of hydrogen-bond donors (Lipinski definition) is 2. The van der Waals surface area contributed by atoms with Crippen molar-refractivity contribution in [3.05, 3.63) is 60.3 Å². The highest BCUT2D eigenvalue weighted by Crippen LogP contribution is 2.32. The molecule has 0 aliphatic carbocycles. The van der Waals surface area contributed by atoms with E-state index < -0.39 is 12.2 Å². The molecule has 0 bridgehead atoms. The predicted molar refractivity (Wildman–Crippen MR) is 159 cm³/mol. The lowest BCUT2D eigenvalue weighted by atomic mass is 10.1. The van der Waals surface area contributed by atoms with Crippen molar-refractivity contribution >= 4 is 17.5 Å². The van der Waals surface area contributed by atoms with Gasteiger partial charge >= 0.3 is 0 Å². The number of ether oxygens (including phenoxy) is 5. The molecule has 0 radical (unpaired) electrons. The number of nitrogens with zero attached hydrogens (tertiary/aromatic N) is 5. The first kappa shape index (κ1) is 30.9. The van der Waals surface area contributed by atoms with E-state index in [1.165, 1.54) is 6.07 Å². The Bertz CT molecular complexity index is 1530. The SMILES string of the molecule is COc1ccc(CNc2cc(Nc3cc(OC)c(-c4cnn(CCOC5CCCCO5)c4)cn3)nc(C(F)F)n2)c(OC)c1. The topological polar surface area (TPSA) is 127 Å². The van der Waals surface area contributed by atoms with Gasteiger partial charge in [0.05, 0.1) is 40.7 Å². The molecule has 3 aromatic heterocycles. The van der Waals surface area contributed by atoms with Gasteiger partial charge in [0.25, 0.3) is 6.43 Å². The van der Waals surface area contributed by atoms with Crippen LogP contribution in [0, 0.1) is 0 Å². The Morgan fingerprint density at radius 2 is 1.82 bits per heavy atom. The maximum atomic E-state index is 13.7. The summed E-state index contributed by atoms with van der Waals surface area (Å²) in [5.74, 6) is 1.79. The number of hydrogen-bond acceptors (Lipinski definition) is 11. The van der Waals surface area contributed by atoms with Gasteiger partial charge < -0.3 is 34.3 Å².